The van der Waals surface area contributed by atoms with Crippen molar-refractivity contribution in [3.8, 4) is 0 Å². The second-order valence-corrected chi connectivity index (χ2v) is 4.01. The molecule has 3 atom stereocenters. The van der Waals surface area contributed by atoms with Crippen LogP contribution >= 0.6 is 0 Å². The van der Waals surface area contributed by atoms with Gasteiger partial charge in [0.25, 0.3) is 0 Å². The number of ether oxygens (including phenoxy) is 1. The maximum Gasteiger partial charge on any atom is 0.334 e. The number of aliphatic hydroxyl groups excluding tert-OH is 2. The molecule has 0 aromatic rings. The highest BCUT2D eigenvalue weighted by Gasteiger charge is 2.28. The van der Waals surface area contributed by atoms with Crippen LogP contribution in [0.25, 0.3) is 0 Å². The highest BCUT2D eigenvalue weighted by molar-refractivity contribution is 5.87. The van der Waals surface area contributed by atoms with E-state index in [2.05, 4.69) is 6.58 Å². The summed E-state index contributed by atoms with van der Waals surface area (Å²) in [6.45, 7) is 10.2. The number of esters is 1. The molecule has 0 aliphatic carbocycles. The zero-order valence-electron chi connectivity index (χ0n) is 11.0. The van der Waals surface area contributed by atoms with Crippen molar-refractivity contribution in [2.24, 2.45) is 0 Å². The third kappa shape index (κ3) is 4.85. The van der Waals surface area contributed by atoms with Gasteiger partial charge in [0, 0.05) is 5.57 Å². The Balaban J connectivity index is 4.69. The van der Waals surface area contributed by atoms with Crippen molar-refractivity contribution in [3.05, 3.63) is 12.2 Å². The molecule has 5 heteroatoms. The lowest BCUT2D eigenvalue weighted by Crippen LogP contribution is -2.49. The van der Waals surface area contributed by atoms with Gasteiger partial charge in [-0.2, -0.15) is 0 Å². The summed E-state index contributed by atoms with van der Waals surface area (Å²) in [4.78, 5) is 12.7. The molecule has 0 saturated carbocycles. The van der Waals surface area contributed by atoms with Crippen molar-refractivity contribution in [1.29, 1.82) is 0 Å². The molecule has 5 nitrogen and oxygen atoms in total. The molecule has 0 aromatic carbocycles. The molecule has 0 aliphatic heterocycles. The third-order valence-corrected chi connectivity index (χ3v) is 2.46. The maximum atomic E-state index is 11.4. The average Bonchev–Trinajstić information content (AvgIpc) is 2.28. The highest BCUT2D eigenvalue weighted by Crippen LogP contribution is 2.14. The SMILES string of the molecule is C=C(C)C(=O)OC(C)N(C(O)CC)C(O)CC. The molecule has 0 heterocycles. The number of hydrogen-bond donors (Lipinski definition) is 2. The van der Waals surface area contributed by atoms with E-state index in [4.69, 9.17) is 4.74 Å². The molecule has 2 N–H and O–H groups in total. The van der Waals surface area contributed by atoms with Crippen LogP contribution < -0.4 is 0 Å². The predicted octanol–water partition coefficient (Wildman–Crippen LogP) is 1.21. The summed E-state index contributed by atoms with van der Waals surface area (Å²) in [5.74, 6) is -0.533. The van der Waals surface area contributed by atoms with E-state index in [0.717, 1.165) is 0 Å². The Morgan fingerprint density at radius 2 is 1.71 bits per heavy atom. The van der Waals surface area contributed by atoms with Gasteiger partial charge in [-0.3, -0.25) is 0 Å². The standard InChI is InChI=1S/C12H23NO4/c1-6-10(14)13(11(15)7-2)9(5)17-12(16)8(3)4/h9-11,14-15H,3,6-7H2,1-2,4-5H3. The molecule has 0 aromatic heterocycles. The fraction of sp³-hybridized carbons (Fsp3) is 0.750. The molecule has 0 radical (unpaired) electrons. The summed E-state index contributed by atoms with van der Waals surface area (Å²) < 4.78 is 5.09. The molecule has 100 valence electrons. The van der Waals surface area contributed by atoms with E-state index in [1.165, 1.54) is 4.90 Å². The highest BCUT2D eigenvalue weighted by atomic mass is 16.6. The predicted molar refractivity (Wildman–Crippen MR) is 64.8 cm³/mol. The molecule has 0 rings (SSSR count). The summed E-state index contributed by atoms with van der Waals surface area (Å²) >= 11 is 0. The smallest absolute Gasteiger partial charge is 0.334 e. The lowest BCUT2D eigenvalue weighted by molar-refractivity contribution is -0.195. The van der Waals surface area contributed by atoms with Crippen LogP contribution in [-0.4, -0.2) is 39.8 Å². The van der Waals surface area contributed by atoms with Gasteiger partial charge >= 0.3 is 5.97 Å². The number of rotatable bonds is 7. The van der Waals surface area contributed by atoms with E-state index in [9.17, 15) is 15.0 Å². The van der Waals surface area contributed by atoms with E-state index in [-0.39, 0.29) is 5.57 Å². The normalized spacial score (nSPS) is 16.4. The summed E-state index contributed by atoms with van der Waals surface area (Å²) in [7, 11) is 0. The molecular weight excluding hydrogens is 222 g/mol. The van der Waals surface area contributed by atoms with Crippen molar-refractivity contribution in [1.82, 2.24) is 4.90 Å². The molecule has 0 spiro atoms. The van der Waals surface area contributed by atoms with E-state index in [1.807, 2.05) is 0 Å². The molecular formula is C12H23NO4. The Kier molecular flexibility index (Phi) is 7.03. The molecule has 3 unspecified atom stereocenters. The van der Waals surface area contributed by atoms with Crippen molar-refractivity contribution < 1.29 is 19.7 Å². The van der Waals surface area contributed by atoms with Gasteiger partial charge in [-0.15, -0.1) is 0 Å². The van der Waals surface area contributed by atoms with Crippen LogP contribution in [0.5, 0.6) is 0 Å². The van der Waals surface area contributed by atoms with Gasteiger partial charge in [0.2, 0.25) is 0 Å². The van der Waals surface area contributed by atoms with Crippen LogP contribution in [0.4, 0.5) is 0 Å². The Hall–Kier alpha value is -0.910. The minimum absolute atomic E-state index is 0.286. The van der Waals surface area contributed by atoms with E-state index < -0.39 is 24.7 Å². The van der Waals surface area contributed by atoms with Gasteiger partial charge in [-0.05, 0) is 26.7 Å². The van der Waals surface area contributed by atoms with Crippen LogP contribution in [0, 0.1) is 0 Å². The van der Waals surface area contributed by atoms with Gasteiger partial charge in [0.1, 0.15) is 12.5 Å². The van der Waals surface area contributed by atoms with Crippen molar-refractivity contribution in [2.45, 2.75) is 59.2 Å². The summed E-state index contributed by atoms with van der Waals surface area (Å²) in [5, 5.41) is 19.6. The van der Waals surface area contributed by atoms with Crippen molar-refractivity contribution >= 4 is 5.97 Å². The zero-order valence-corrected chi connectivity index (χ0v) is 11.0. The van der Waals surface area contributed by atoms with Crippen LogP contribution in [-0.2, 0) is 9.53 Å². The van der Waals surface area contributed by atoms with Gasteiger partial charge in [-0.25, -0.2) is 9.69 Å². The molecule has 0 fully saturated rings. The molecule has 0 aliphatic rings. The first kappa shape index (κ1) is 16.1. The van der Waals surface area contributed by atoms with E-state index in [0.29, 0.717) is 12.8 Å². The Bertz CT molecular complexity index is 257. The minimum Gasteiger partial charge on any atom is -0.443 e. The lowest BCUT2D eigenvalue weighted by atomic mass is 10.3. The fourth-order valence-corrected chi connectivity index (χ4v) is 1.42. The molecule has 0 amide bonds. The molecule has 17 heavy (non-hydrogen) atoms. The molecule has 0 bridgehead atoms. The van der Waals surface area contributed by atoms with Crippen molar-refractivity contribution in [2.75, 3.05) is 0 Å². The fourth-order valence-electron chi connectivity index (χ4n) is 1.42. The van der Waals surface area contributed by atoms with Gasteiger partial charge in [0.15, 0.2) is 6.23 Å². The Labute approximate surface area is 103 Å². The van der Waals surface area contributed by atoms with Crippen LogP contribution in [0.1, 0.15) is 40.5 Å². The first-order valence-electron chi connectivity index (χ1n) is 5.85. The second kappa shape index (κ2) is 7.42. The van der Waals surface area contributed by atoms with Gasteiger partial charge in [-0.1, -0.05) is 20.4 Å². The number of hydrogen-bond acceptors (Lipinski definition) is 5. The Morgan fingerprint density at radius 1 is 1.29 bits per heavy atom. The molecule has 0 saturated heterocycles. The summed E-state index contributed by atoms with van der Waals surface area (Å²) in [6.07, 6.45) is -1.53. The monoisotopic (exact) mass is 245 g/mol. The topological polar surface area (TPSA) is 70.0 Å². The van der Waals surface area contributed by atoms with Crippen molar-refractivity contribution in [3.63, 3.8) is 0 Å². The van der Waals surface area contributed by atoms with E-state index in [1.54, 1.807) is 27.7 Å². The first-order chi connectivity index (χ1) is 7.84. The van der Waals surface area contributed by atoms with E-state index >= 15 is 0 Å². The Morgan fingerprint density at radius 3 is 2.00 bits per heavy atom. The first-order valence-corrected chi connectivity index (χ1v) is 5.85. The number of aliphatic hydroxyl groups is 2. The number of carbonyl (C=O) groups excluding carboxylic acids is 1. The van der Waals surface area contributed by atoms with Crippen LogP contribution in [0.3, 0.4) is 0 Å². The van der Waals surface area contributed by atoms with Crippen LogP contribution in [0.2, 0.25) is 0 Å². The number of carbonyl (C=O) groups is 1. The van der Waals surface area contributed by atoms with Gasteiger partial charge < -0.3 is 14.9 Å². The third-order valence-electron chi connectivity index (χ3n) is 2.46. The lowest BCUT2D eigenvalue weighted by Gasteiger charge is -2.35. The second-order valence-electron chi connectivity index (χ2n) is 4.01. The summed E-state index contributed by atoms with van der Waals surface area (Å²) in [6, 6.07) is 0. The summed E-state index contributed by atoms with van der Waals surface area (Å²) in [5.41, 5.74) is 0.286. The maximum absolute atomic E-state index is 11.4. The minimum atomic E-state index is -0.849. The van der Waals surface area contributed by atoms with Gasteiger partial charge in [0.05, 0.1) is 0 Å². The van der Waals surface area contributed by atoms with Crippen LogP contribution in [0.15, 0.2) is 12.2 Å². The number of nitrogens with zero attached hydrogens (tertiary/aromatic N) is 1. The average molecular weight is 245 g/mol. The quantitative estimate of drug-likeness (QED) is 0.401. The largest absolute Gasteiger partial charge is 0.443 e. The zero-order chi connectivity index (χ0) is 13.6.